The van der Waals surface area contributed by atoms with E-state index in [-0.39, 0.29) is 23.3 Å². The van der Waals surface area contributed by atoms with Crippen LogP contribution in [0.2, 0.25) is 0 Å². The molecule has 3 aromatic carbocycles. The Morgan fingerprint density at radius 3 is 1.48 bits per heavy atom. The van der Waals surface area contributed by atoms with Crippen LogP contribution in [0.1, 0.15) is 70.6 Å². The van der Waals surface area contributed by atoms with Gasteiger partial charge in [0.05, 0.1) is 25.9 Å². The summed E-state index contributed by atoms with van der Waals surface area (Å²) in [7, 11) is 0. The Morgan fingerprint density at radius 1 is 0.619 bits per heavy atom. The molecular weight excluding hydrogens is 526 g/mol. The number of hydrogen-bond acceptors (Lipinski definition) is 6. The molecule has 0 saturated carbocycles. The average Bonchev–Trinajstić information content (AvgIpc) is 2.98. The number of ether oxygens (including phenoxy) is 4. The molecule has 0 aromatic heterocycles. The molecule has 6 heteroatoms. The van der Waals surface area contributed by atoms with Crippen LogP contribution in [0.25, 0.3) is 0 Å². The molecule has 2 aliphatic heterocycles. The van der Waals surface area contributed by atoms with Crippen molar-refractivity contribution in [2.45, 2.75) is 115 Å². The van der Waals surface area contributed by atoms with E-state index in [2.05, 4.69) is 69.2 Å². The monoisotopic (exact) mass is 573 g/mol. The molecule has 2 aliphatic rings. The Kier molecular flexibility index (Phi) is 10.1. The van der Waals surface area contributed by atoms with Gasteiger partial charge in [-0.25, -0.2) is 0 Å². The first-order valence-electron chi connectivity index (χ1n) is 15.3. The van der Waals surface area contributed by atoms with E-state index in [4.69, 9.17) is 23.8 Å². The highest BCUT2D eigenvalue weighted by Gasteiger charge is 2.51. The van der Waals surface area contributed by atoms with Crippen LogP contribution in [0.15, 0.2) is 91.0 Å². The average molecular weight is 574 g/mol. The van der Waals surface area contributed by atoms with Gasteiger partial charge in [0.1, 0.15) is 18.3 Å². The van der Waals surface area contributed by atoms with Gasteiger partial charge in [-0.15, -0.1) is 0 Å². The van der Waals surface area contributed by atoms with Crippen LogP contribution in [0, 0.1) is 0 Å². The lowest BCUT2D eigenvalue weighted by atomic mass is 9.82. The van der Waals surface area contributed by atoms with Gasteiger partial charge in [-0.05, 0) is 70.6 Å². The quantitative estimate of drug-likeness (QED) is 0.237. The molecule has 6 nitrogen and oxygen atoms in total. The van der Waals surface area contributed by atoms with Crippen LogP contribution in [-0.4, -0.2) is 46.8 Å². The van der Waals surface area contributed by atoms with Gasteiger partial charge in [-0.2, -0.15) is 5.06 Å². The number of nitrogens with zero attached hydrogens (tertiary/aromatic N) is 1. The first-order valence-corrected chi connectivity index (χ1v) is 15.3. The molecule has 0 radical (unpaired) electrons. The van der Waals surface area contributed by atoms with Gasteiger partial charge in [0.2, 0.25) is 6.29 Å². The van der Waals surface area contributed by atoms with E-state index in [0.717, 1.165) is 36.0 Å². The van der Waals surface area contributed by atoms with Crippen LogP contribution in [0.3, 0.4) is 0 Å². The van der Waals surface area contributed by atoms with Crippen LogP contribution in [-0.2, 0) is 43.6 Å². The van der Waals surface area contributed by atoms with Crippen LogP contribution >= 0.6 is 0 Å². The van der Waals surface area contributed by atoms with E-state index in [0.29, 0.717) is 19.8 Å². The van der Waals surface area contributed by atoms with E-state index in [1.165, 1.54) is 0 Å². The number of benzene rings is 3. The molecule has 0 aliphatic carbocycles. The maximum Gasteiger partial charge on any atom is 0.206 e. The topological polar surface area (TPSA) is 49.4 Å². The smallest absolute Gasteiger partial charge is 0.206 e. The largest absolute Gasteiger partial charge is 0.368 e. The van der Waals surface area contributed by atoms with Crippen LogP contribution < -0.4 is 0 Å². The summed E-state index contributed by atoms with van der Waals surface area (Å²) in [5.41, 5.74) is 2.97. The predicted molar refractivity (Wildman–Crippen MR) is 164 cm³/mol. The van der Waals surface area contributed by atoms with Gasteiger partial charge >= 0.3 is 0 Å². The van der Waals surface area contributed by atoms with Gasteiger partial charge in [0.15, 0.2) is 0 Å². The molecule has 226 valence electrons. The molecule has 2 fully saturated rings. The Balaban J connectivity index is 1.45. The molecule has 0 spiro atoms. The van der Waals surface area contributed by atoms with E-state index in [1.54, 1.807) is 0 Å². The molecular formula is C36H47NO5. The summed E-state index contributed by atoms with van der Waals surface area (Å²) in [6.45, 7) is 12.3. The van der Waals surface area contributed by atoms with Crippen molar-refractivity contribution in [3.63, 3.8) is 0 Å². The summed E-state index contributed by atoms with van der Waals surface area (Å²) in [6, 6.07) is 30.7. The molecule has 3 aromatic rings. The number of rotatable bonds is 11. The number of piperidine rings is 1. The fourth-order valence-electron chi connectivity index (χ4n) is 6.32. The van der Waals surface area contributed by atoms with Crippen molar-refractivity contribution in [2.75, 3.05) is 0 Å². The molecule has 0 bridgehead atoms. The molecule has 2 heterocycles. The van der Waals surface area contributed by atoms with Crippen molar-refractivity contribution in [1.82, 2.24) is 5.06 Å². The lowest BCUT2D eigenvalue weighted by Crippen LogP contribution is -2.65. The Labute approximate surface area is 251 Å². The zero-order chi connectivity index (χ0) is 29.6. The van der Waals surface area contributed by atoms with Crippen LogP contribution in [0.4, 0.5) is 0 Å². The second-order valence-electron chi connectivity index (χ2n) is 12.9. The second kappa shape index (κ2) is 13.8. The summed E-state index contributed by atoms with van der Waals surface area (Å²) >= 11 is 0. The third kappa shape index (κ3) is 7.67. The summed E-state index contributed by atoms with van der Waals surface area (Å²) in [5, 5.41) is 2.15. The molecule has 5 atom stereocenters. The highest BCUT2D eigenvalue weighted by Crippen LogP contribution is 2.41. The van der Waals surface area contributed by atoms with Crippen molar-refractivity contribution >= 4 is 0 Å². The summed E-state index contributed by atoms with van der Waals surface area (Å²) in [4.78, 5) is 6.88. The molecule has 2 saturated heterocycles. The molecule has 42 heavy (non-hydrogen) atoms. The SMILES string of the molecule is C[C@H]1O[C@@H](ON2C(C)(C)CCCC2(C)C)[C@H](OCc2ccccc2)[C@@H](OCc2ccccc2)[C@@H]1OCc1ccccc1. The number of hydrogen-bond donors (Lipinski definition) is 0. The highest BCUT2D eigenvalue weighted by atomic mass is 16.8. The maximum absolute atomic E-state index is 6.88. The van der Waals surface area contributed by atoms with Crippen molar-refractivity contribution in [3.05, 3.63) is 108 Å². The summed E-state index contributed by atoms with van der Waals surface area (Å²) in [5.74, 6) is 0. The van der Waals surface area contributed by atoms with Gasteiger partial charge in [0.25, 0.3) is 0 Å². The summed E-state index contributed by atoms with van der Waals surface area (Å²) in [6.07, 6.45) is 0.979. The van der Waals surface area contributed by atoms with E-state index < -0.39 is 18.5 Å². The van der Waals surface area contributed by atoms with E-state index in [9.17, 15) is 0 Å². The van der Waals surface area contributed by atoms with Crippen molar-refractivity contribution in [1.29, 1.82) is 0 Å². The summed E-state index contributed by atoms with van der Waals surface area (Å²) < 4.78 is 26.7. The van der Waals surface area contributed by atoms with E-state index in [1.807, 2.05) is 61.5 Å². The Hall–Kier alpha value is -2.58. The van der Waals surface area contributed by atoms with Gasteiger partial charge in [-0.1, -0.05) is 91.0 Å². The minimum absolute atomic E-state index is 0.153. The fourth-order valence-corrected chi connectivity index (χ4v) is 6.32. The third-order valence-electron chi connectivity index (χ3n) is 8.47. The Morgan fingerprint density at radius 2 is 1.02 bits per heavy atom. The second-order valence-corrected chi connectivity index (χ2v) is 12.9. The minimum Gasteiger partial charge on any atom is -0.368 e. The van der Waals surface area contributed by atoms with Crippen molar-refractivity contribution in [2.24, 2.45) is 0 Å². The first kappa shape index (κ1) is 30.9. The Bertz CT molecular complexity index is 1200. The predicted octanol–water partition coefficient (Wildman–Crippen LogP) is 7.46. The van der Waals surface area contributed by atoms with Crippen LogP contribution in [0.5, 0.6) is 0 Å². The van der Waals surface area contributed by atoms with Gasteiger partial charge < -0.3 is 18.9 Å². The third-order valence-corrected chi connectivity index (χ3v) is 8.47. The molecule has 5 rings (SSSR count). The zero-order valence-corrected chi connectivity index (χ0v) is 25.8. The molecule has 0 N–H and O–H groups in total. The lowest BCUT2D eigenvalue weighted by molar-refractivity contribution is -0.408. The van der Waals surface area contributed by atoms with Gasteiger partial charge in [-0.3, -0.25) is 4.84 Å². The normalized spacial score (nSPS) is 27.5. The molecule has 0 unspecified atom stereocenters. The first-order chi connectivity index (χ1) is 20.2. The molecule has 0 amide bonds. The van der Waals surface area contributed by atoms with E-state index >= 15 is 0 Å². The number of hydroxylamine groups is 2. The van der Waals surface area contributed by atoms with Gasteiger partial charge in [0, 0.05) is 11.1 Å². The lowest BCUT2D eigenvalue weighted by Gasteiger charge is -2.54. The van der Waals surface area contributed by atoms with Crippen molar-refractivity contribution < 1.29 is 23.8 Å². The standard InChI is InChI=1S/C36H47NO5/c1-27-31(38-24-28-16-9-6-10-17-28)32(39-25-29-18-11-7-12-19-29)33(40-26-30-20-13-8-14-21-30)34(41-27)42-37-35(2,3)22-15-23-36(37,4)5/h6-14,16-21,27,31-34H,15,22-26H2,1-5H3/t27-,31-,32+,33-,34+/m1/s1. The zero-order valence-electron chi connectivity index (χ0n) is 25.8. The minimum atomic E-state index is -0.669. The van der Waals surface area contributed by atoms with Crippen molar-refractivity contribution in [3.8, 4) is 0 Å². The fraction of sp³-hybridized carbons (Fsp3) is 0.500. The highest BCUT2D eigenvalue weighted by molar-refractivity contribution is 5.15. The maximum atomic E-state index is 6.88.